The van der Waals surface area contributed by atoms with E-state index in [-0.39, 0.29) is 5.56 Å². The molecule has 2 rings (SSSR count). The van der Waals surface area contributed by atoms with E-state index in [1.807, 2.05) is 0 Å². The highest BCUT2D eigenvalue weighted by molar-refractivity contribution is 9.10. The Hall–Kier alpha value is -1.37. The molecule has 19 heavy (non-hydrogen) atoms. The molecule has 8 heteroatoms. The Labute approximate surface area is 126 Å². The second-order valence-corrected chi connectivity index (χ2v) is 5.04. The Kier molecular flexibility index (Phi) is 4.57. The molecular formula is C11H7BrCl2N4O. The van der Waals surface area contributed by atoms with Crippen LogP contribution in [0.3, 0.4) is 0 Å². The number of anilines is 1. The first kappa shape index (κ1) is 14.0. The van der Waals surface area contributed by atoms with Crippen LogP contribution in [0.2, 0.25) is 10.0 Å². The molecule has 0 fully saturated rings. The minimum absolute atomic E-state index is 0.310. The van der Waals surface area contributed by atoms with Crippen LogP contribution >= 0.6 is 39.1 Å². The van der Waals surface area contributed by atoms with Crippen LogP contribution < -0.4 is 11.0 Å². The van der Waals surface area contributed by atoms with Crippen molar-refractivity contribution in [2.24, 2.45) is 5.10 Å². The van der Waals surface area contributed by atoms with Gasteiger partial charge in [-0.3, -0.25) is 10.2 Å². The Morgan fingerprint density at radius 3 is 2.74 bits per heavy atom. The van der Waals surface area contributed by atoms with Crippen molar-refractivity contribution in [3.8, 4) is 0 Å². The van der Waals surface area contributed by atoms with Gasteiger partial charge in [0.15, 0.2) is 0 Å². The molecule has 1 aromatic carbocycles. The van der Waals surface area contributed by atoms with Crippen LogP contribution in [0.5, 0.6) is 0 Å². The van der Waals surface area contributed by atoms with Gasteiger partial charge in [-0.15, -0.1) is 0 Å². The van der Waals surface area contributed by atoms with Gasteiger partial charge in [-0.1, -0.05) is 29.3 Å². The monoisotopic (exact) mass is 360 g/mol. The molecule has 1 aromatic heterocycles. The van der Waals surface area contributed by atoms with Crippen LogP contribution in [-0.4, -0.2) is 16.4 Å². The minimum atomic E-state index is -0.351. The molecule has 2 aromatic rings. The van der Waals surface area contributed by atoms with Crippen LogP contribution in [0.15, 0.2) is 38.8 Å². The molecule has 0 aliphatic rings. The molecule has 0 spiro atoms. The number of aromatic amines is 1. The van der Waals surface area contributed by atoms with Crippen molar-refractivity contribution in [1.82, 2.24) is 10.2 Å². The standard InChI is InChI=1S/C11H7BrCl2N4O/c12-10-9(5-16-18-11(10)19)17-15-4-6-7(13)2-1-3-8(6)14/h1-5H,(H2,17,18,19)/b15-4-. The predicted molar refractivity (Wildman–Crippen MR) is 80.2 cm³/mol. The van der Waals surface area contributed by atoms with Crippen molar-refractivity contribution in [2.45, 2.75) is 0 Å². The quantitative estimate of drug-likeness (QED) is 0.651. The van der Waals surface area contributed by atoms with Gasteiger partial charge in [0.2, 0.25) is 0 Å². The normalized spacial score (nSPS) is 10.9. The number of nitrogens with zero attached hydrogens (tertiary/aromatic N) is 2. The van der Waals surface area contributed by atoms with E-state index in [1.54, 1.807) is 18.2 Å². The molecule has 0 bridgehead atoms. The maximum absolute atomic E-state index is 11.3. The molecule has 0 atom stereocenters. The van der Waals surface area contributed by atoms with Gasteiger partial charge in [0.25, 0.3) is 5.56 Å². The summed E-state index contributed by atoms with van der Waals surface area (Å²) in [6, 6.07) is 5.16. The third-order valence-electron chi connectivity index (χ3n) is 2.17. The Morgan fingerprint density at radius 2 is 2.05 bits per heavy atom. The lowest BCUT2D eigenvalue weighted by Gasteiger charge is -2.02. The largest absolute Gasteiger partial charge is 0.280 e. The summed E-state index contributed by atoms with van der Waals surface area (Å²) in [5.74, 6) is 0. The van der Waals surface area contributed by atoms with Gasteiger partial charge in [-0.05, 0) is 28.1 Å². The zero-order chi connectivity index (χ0) is 13.8. The van der Waals surface area contributed by atoms with Crippen LogP contribution in [-0.2, 0) is 0 Å². The van der Waals surface area contributed by atoms with Crippen molar-refractivity contribution in [1.29, 1.82) is 0 Å². The van der Waals surface area contributed by atoms with Gasteiger partial charge in [0.05, 0.1) is 28.1 Å². The summed E-state index contributed by atoms with van der Waals surface area (Å²) in [6.45, 7) is 0. The van der Waals surface area contributed by atoms with E-state index in [4.69, 9.17) is 23.2 Å². The maximum atomic E-state index is 11.3. The molecule has 0 aliphatic heterocycles. The molecule has 0 amide bonds. The number of rotatable bonds is 3. The first-order valence-corrected chi connectivity index (χ1v) is 6.60. The van der Waals surface area contributed by atoms with E-state index in [2.05, 4.69) is 36.7 Å². The summed E-state index contributed by atoms with van der Waals surface area (Å²) >= 11 is 15.1. The molecule has 98 valence electrons. The number of benzene rings is 1. The van der Waals surface area contributed by atoms with Crippen LogP contribution in [0.4, 0.5) is 5.69 Å². The SMILES string of the molecule is O=c1[nH]ncc(N/N=C\c2c(Cl)cccc2Cl)c1Br. The molecule has 0 saturated carbocycles. The first-order chi connectivity index (χ1) is 9.09. The summed E-state index contributed by atoms with van der Waals surface area (Å²) in [6.07, 6.45) is 2.90. The molecule has 0 radical (unpaired) electrons. The van der Waals surface area contributed by atoms with E-state index in [1.165, 1.54) is 12.4 Å². The summed E-state index contributed by atoms with van der Waals surface area (Å²) < 4.78 is 0.310. The van der Waals surface area contributed by atoms with Crippen molar-refractivity contribution >= 4 is 51.0 Å². The maximum Gasteiger partial charge on any atom is 0.280 e. The number of hydrogen-bond donors (Lipinski definition) is 2. The van der Waals surface area contributed by atoms with E-state index < -0.39 is 0 Å². The number of halogens is 3. The average Bonchev–Trinajstić information content (AvgIpc) is 2.38. The number of hydrazone groups is 1. The Bertz CT molecular complexity index is 666. The predicted octanol–water partition coefficient (Wildman–Crippen LogP) is 3.29. The fourth-order valence-electron chi connectivity index (χ4n) is 1.26. The van der Waals surface area contributed by atoms with Crippen molar-refractivity contribution in [2.75, 3.05) is 5.43 Å². The highest BCUT2D eigenvalue weighted by atomic mass is 79.9. The van der Waals surface area contributed by atoms with Crippen LogP contribution in [0.25, 0.3) is 0 Å². The fourth-order valence-corrected chi connectivity index (χ4v) is 2.04. The fraction of sp³-hybridized carbons (Fsp3) is 0. The number of hydrogen-bond acceptors (Lipinski definition) is 4. The zero-order valence-electron chi connectivity index (χ0n) is 9.32. The highest BCUT2D eigenvalue weighted by Crippen LogP contribution is 2.22. The molecule has 0 aliphatic carbocycles. The van der Waals surface area contributed by atoms with E-state index in [0.29, 0.717) is 25.8 Å². The summed E-state index contributed by atoms with van der Waals surface area (Å²) in [4.78, 5) is 11.3. The van der Waals surface area contributed by atoms with Gasteiger partial charge in [0, 0.05) is 5.56 Å². The zero-order valence-corrected chi connectivity index (χ0v) is 12.4. The smallest absolute Gasteiger partial charge is 0.275 e. The molecule has 0 unspecified atom stereocenters. The third kappa shape index (κ3) is 3.34. The van der Waals surface area contributed by atoms with Gasteiger partial charge in [0.1, 0.15) is 4.47 Å². The second-order valence-electron chi connectivity index (χ2n) is 3.43. The number of nitrogens with one attached hydrogen (secondary N) is 2. The second kappa shape index (κ2) is 6.18. The molecule has 1 heterocycles. The van der Waals surface area contributed by atoms with E-state index in [0.717, 1.165) is 0 Å². The lowest BCUT2D eigenvalue weighted by Crippen LogP contribution is -2.10. The van der Waals surface area contributed by atoms with E-state index in [9.17, 15) is 4.79 Å². The molecular weight excluding hydrogens is 355 g/mol. The van der Waals surface area contributed by atoms with Crippen LogP contribution in [0.1, 0.15) is 5.56 Å². The lowest BCUT2D eigenvalue weighted by atomic mass is 10.2. The summed E-state index contributed by atoms with van der Waals surface area (Å²) in [7, 11) is 0. The molecule has 0 saturated heterocycles. The lowest BCUT2D eigenvalue weighted by molar-refractivity contribution is 0.977. The van der Waals surface area contributed by atoms with Gasteiger partial charge < -0.3 is 0 Å². The van der Waals surface area contributed by atoms with Crippen molar-refractivity contribution in [3.63, 3.8) is 0 Å². The van der Waals surface area contributed by atoms with Gasteiger partial charge >= 0.3 is 0 Å². The first-order valence-electron chi connectivity index (χ1n) is 5.06. The van der Waals surface area contributed by atoms with Crippen molar-refractivity contribution < 1.29 is 0 Å². The number of aromatic nitrogens is 2. The highest BCUT2D eigenvalue weighted by Gasteiger charge is 2.04. The van der Waals surface area contributed by atoms with E-state index >= 15 is 0 Å². The number of H-pyrrole nitrogens is 1. The summed E-state index contributed by atoms with van der Waals surface area (Å²) in [5.41, 5.74) is 3.35. The van der Waals surface area contributed by atoms with Crippen molar-refractivity contribution in [3.05, 3.63) is 54.8 Å². The summed E-state index contributed by atoms with van der Waals surface area (Å²) in [5, 5.41) is 10.9. The van der Waals surface area contributed by atoms with Crippen LogP contribution in [0, 0.1) is 0 Å². The Balaban J connectivity index is 2.21. The van der Waals surface area contributed by atoms with Gasteiger partial charge in [-0.2, -0.15) is 10.2 Å². The minimum Gasteiger partial charge on any atom is -0.275 e. The Morgan fingerprint density at radius 1 is 1.37 bits per heavy atom. The third-order valence-corrected chi connectivity index (χ3v) is 3.62. The molecule has 5 nitrogen and oxygen atoms in total. The molecule has 2 N–H and O–H groups in total. The van der Waals surface area contributed by atoms with Gasteiger partial charge in [-0.25, -0.2) is 5.10 Å². The average molecular weight is 362 g/mol. The topological polar surface area (TPSA) is 70.1 Å².